The van der Waals surface area contributed by atoms with E-state index < -0.39 is 11.5 Å². The quantitative estimate of drug-likeness (QED) is 0.749. The van der Waals surface area contributed by atoms with Crippen molar-refractivity contribution in [3.8, 4) is 11.5 Å². The van der Waals surface area contributed by atoms with Crippen molar-refractivity contribution in [1.29, 1.82) is 0 Å². The first-order valence-electron chi connectivity index (χ1n) is 8.45. The number of pyridine rings is 1. The standard InChI is InChI=1S/C20H21N3O4/c1-12-5-8-18-21-10-15(20(25)23(18)11-12)19(24)22-13(2)14-6-7-16(26-3)17(9-14)27-4/h5-11,13H,1-4H3,(H,22,24). The lowest BCUT2D eigenvalue weighted by atomic mass is 10.1. The number of hydrogen-bond donors (Lipinski definition) is 1. The van der Waals surface area contributed by atoms with Crippen LogP contribution in [0.15, 0.2) is 47.5 Å². The highest BCUT2D eigenvalue weighted by atomic mass is 16.5. The van der Waals surface area contributed by atoms with E-state index in [0.29, 0.717) is 17.1 Å². The molecule has 2 heterocycles. The van der Waals surface area contributed by atoms with Crippen LogP contribution in [0.1, 0.15) is 34.5 Å². The van der Waals surface area contributed by atoms with Crippen molar-refractivity contribution in [3.05, 3.63) is 69.8 Å². The van der Waals surface area contributed by atoms with E-state index in [0.717, 1.165) is 11.1 Å². The number of ether oxygens (including phenoxy) is 2. The van der Waals surface area contributed by atoms with Gasteiger partial charge in [-0.05, 0) is 43.2 Å². The lowest BCUT2D eigenvalue weighted by Crippen LogP contribution is -2.33. The van der Waals surface area contributed by atoms with Gasteiger partial charge in [0.2, 0.25) is 0 Å². The Balaban J connectivity index is 1.88. The van der Waals surface area contributed by atoms with Gasteiger partial charge in [0.1, 0.15) is 11.2 Å². The average molecular weight is 367 g/mol. The van der Waals surface area contributed by atoms with Gasteiger partial charge in [-0.15, -0.1) is 0 Å². The second-order valence-corrected chi connectivity index (χ2v) is 6.22. The third kappa shape index (κ3) is 3.62. The number of hydrogen-bond acceptors (Lipinski definition) is 5. The number of carbonyl (C=O) groups excluding carboxylic acids is 1. The number of fused-ring (bicyclic) bond motifs is 1. The fourth-order valence-electron chi connectivity index (χ4n) is 2.82. The smallest absolute Gasteiger partial charge is 0.270 e. The third-order valence-corrected chi connectivity index (χ3v) is 4.35. The van der Waals surface area contributed by atoms with Gasteiger partial charge in [0.15, 0.2) is 11.5 Å². The minimum Gasteiger partial charge on any atom is -0.493 e. The van der Waals surface area contributed by atoms with Crippen LogP contribution in [0.4, 0.5) is 0 Å². The zero-order valence-corrected chi connectivity index (χ0v) is 15.6. The second kappa shape index (κ2) is 7.49. The molecular formula is C20H21N3O4. The Morgan fingerprint density at radius 2 is 1.89 bits per heavy atom. The molecule has 7 heteroatoms. The van der Waals surface area contributed by atoms with E-state index in [-0.39, 0.29) is 11.6 Å². The van der Waals surface area contributed by atoms with Crippen LogP contribution in [0.5, 0.6) is 11.5 Å². The number of methoxy groups -OCH3 is 2. The Morgan fingerprint density at radius 1 is 1.15 bits per heavy atom. The van der Waals surface area contributed by atoms with Crippen LogP contribution in [0.2, 0.25) is 0 Å². The lowest BCUT2D eigenvalue weighted by Gasteiger charge is -2.16. The maximum atomic E-state index is 12.6. The van der Waals surface area contributed by atoms with E-state index >= 15 is 0 Å². The van der Waals surface area contributed by atoms with Crippen LogP contribution in [-0.2, 0) is 0 Å². The maximum Gasteiger partial charge on any atom is 0.270 e. The summed E-state index contributed by atoms with van der Waals surface area (Å²) in [7, 11) is 3.11. The SMILES string of the molecule is COc1ccc(C(C)NC(=O)c2cnc3ccc(C)cn3c2=O)cc1OC. The molecule has 0 spiro atoms. The molecule has 0 saturated heterocycles. The summed E-state index contributed by atoms with van der Waals surface area (Å²) in [6.45, 7) is 3.70. The van der Waals surface area contributed by atoms with E-state index in [1.54, 1.807) is 38.6 Å². The molecule has 7 nitrogen and oxygen atoms in total. The first kappa shape index (κ1) is 18.4. The van der Waals surface area contributed by atoms with Crippen LogP contribution >= 0.6 is 0 Å². The maximum absolute atomic E-state index is 12.6. The number of nitrogens with zero attached hydrogens (tertiary/aromatic N) is 2. The van der Waals surface area contributed by atoms with Crippen molar-refractivity contribution in [2.24, 2.45) is 0 Å². The number of rotatable bonds is 5. The Kier molecular flexibility index (Phi) is 5.12. The first-order valence-corrected chi connectivity index (χ1v) is 8.45. The molecule has 1 aromatic carbocycles. The molecule has 1 atom stereocenters. The van der Waals surface area contributed by atoms with Gasteiger partial charge in [-0.1, -0.05) is 12.1 Å². The molecule has 0 aliphatic carbocycles. The predicted molar refractivity (Wildman–Crippen MR) is 102 cm³/mol. The zero-order valence-electron chi connectivity index (χ0n) is 15.6. The van der Waals surface area contributed by atoms with Gasteiger partial charge < -0.3 is 14.8 Å². The molecule has 0 aliphatic heterocycles. The van der Waals surface area contributed by atoms with E-state index in [1.165, 1.54) is 10.6 Å². The van der Waals surface area contributed by atoms with Crippen LogP contribution in [0.25, 0.3) is 5.65 Å². The highest BCUT2D eigenvalue weighted by Crippen LogP contribution is 2.29. The molecule has 2 aromatic heterocycles. The van der Waals surface area contributed by atoms with Gasteiger partial charge in [0.05, 0.1) is 20.3 Å². The molecule has 1 N–H and O–H groups in total. The van der Waals surface area contributed by atoms with E-state index in [1.807, 2.05) is 26.0 Å². The van der Waals surface area contributed by atoms with E-state index in [4.69, 9.17) is 9.47 Å². The normalized spacial score (nSPS) is 11.9. The molecule has 0 aliphatic rings. The molecular weight excluding hydrogens is 346 g/mol. The molecule has 3 rings (SSSR count). The molecule has 0 fully saturated rings. The van der Waals surface area contributed by atoms with Crippen LogP contribution in [0.3, 0.4) is 0 Å². The molecule has 3 aromatic rings. The van der Waals surface area contributed by atoms with Crippen molar-refractivity contribution < 1.29 is 14.3 Å². The van der Waals surface area contributed by atoms with Crippen LogP contribution in [-0.4, -0.2) is 29.5 Å². The minimum absolute atomic E-state index is 0.00886. The van der Waals surface area contributed by atoms with Crippen molar-refractivity contribution in [2.75, 3.05) is 14.2 Å². The number of nitrogens with one attached hydrogen (secondary N) is 1. The Labute approximate surface area is 156 Å². The van der Waals surface area contributed by atoms with Gasteiger partial charge in [0, 0.05) is 12.4 Å². The van der Waals surface area contributed by atoms with Gasteiger partial charge in [-0.3, -0.25) is 14.0 Å². The highest BCUT2D eigenvalue weighted by Gasteiger charge is 2.17. The van der Waals surface area contributed by atoms with Gasteiger partial charge in [-0.25, -0.2) is 4.98 Å². The summed E-state index contributed by atoms with van der Waals surface area (Å²) in [5, 5.41) is 2.83. The fraction of sp³-hybridized carbons (Fsp3) is 0.250. The topological polar surface area (TPSA) is 81.9 Å². The highest BCUT2D eigenvalue weighted by molar-refractivity contribution is 5.94. The number of carbonyl (C=O) groups is 1. The lowest BCUT2D eigenvalue weighted by molar-refractivity contribution is 0.0937. The Morgan fingerprint density at radius 3 is 2.59 bits per heavy atom. The summed E-state index contributed by atoms with van der Waals surface area (Å²) in [6, 6.07) is 8.66. The zero-order chi connectivity index (χ0) is 19.6. The summed E-state index contributed by atoms with van der Waals surface area (Å²) in [4.78, 5) is 29.5. The molecule has 1 unspecified atom stereocenters. The Bertz CT molecular complexity index is 1060. The largest absolute Gasteiger partial charge is 0.493 e. The van der Waals surface area contributed by atoms with Crippen molar-refractivity contribution >= 4 is 11.6 Å². The van der Waals surface area contributed by atoms with Crippen molar-refractivity contribution in [2.45, 2.75) is 19.9 Å². The van der Waals surface area contributed by atoms with Gasteiger partial charge in [-0.2, -0.15) is 0 Å². The van der Waals surface area contributed by atoms with Crippen molar-refractivity contribution in [3.63, 3.8) is 0 Å². The van der Waals surface area contributed by atoms with Crippen LogP contribution < -0.4 is 20.3 Å². The first-order chi connectivity index (χ1) is 12.9. The van der Waals surface area contributed by atoms with Crippen molar-refractivity contribution in [1.82, 2.24) is 14.7 Å². The van der Waals surface area contributed by atoms with E-state index in [9.17, 15) is 9.59 Å². The summed E-state index contributed by atoms with van der Waals surface area (Å²) in [6.07, 6.45) is 2.98. The molecule has 27 heavy (non-hydrogen) atoms. The fourth-order valence-corrected chi connectivity index (χ4v) is 2.82. The number of aromatic nitrogens is 2. The van der Waals surface area contributed by atoms with Gasteiger partial charge in [0.25, 0.3) is 11.5 Å². The number of aryl methyl sites for hydroxylation is 1. The minimum atomic E-state index is -0.481. The Hall–Kier alpha value is -3.35. The monoisotopic (exact) mass is 367 g/mol. The summed E-state index contributed by atoms with van der Waals surface area (Å²) in [5.74, 6) is 0.692. The summed E-state index contributed by atoms with van der Waals surface area (Å²) < 4.78 is 11.9. The second-order valence-electron chi connectivity index (χ2n) is 6.22. The molecule has 0 bridgehead atoms. The summed E-state index contributed by atoms with van der Waals surface area (Å²) in [5.41, 5.74) is 1.81. The summed E-state index contributed by atoms with van der Waals surface area (Å²) >= 11 is 0. The molecule has 0 radical (unpaired) electrons. The number of amides is 1. The van der Waals surface area contributed by atoms with Crippen LogP contribution in [0, 0.1) is 6.92 Å². The molecule has 0 saturated carbocycles. The molecule has 140 valence electrons. The van der Waals surface area contributed by atoms with E-state index in [2.05, 4.69) is 10.3 Å². The van der Waals surface area contributed by atoms with Gasteiger partial charge >= 0.3 is 0 Å². The number of benzene rings is 1. The predicted octanol–water partition coefficient (Wildman–Crippen LogP) is 2.51. The third-order valence-electron chi connectivity index (χ3n) is 4.35. The average Bonchev–Trinajstić information content (AvgIpc) is 2.67. The molecule has 1 amide bonds.